The molecule has 0 saturated heterocycles. The van der Waals surface area contributed by atoms with Crippen molar-refractivity contribution in [1.82, 2.24) is 9.97 Å². The van der Waals surface area contributed by atoms with Crippen molar-refractivity contribution >= 4 is 12.0 Å². The second-order valence-corrected chi connectivity index (χ2v) is 5.04. The average molecular weight is 314 g/mol. The van der Waals surface area contributed by atoms with Crippen molar-refractivity contribution in [3.63, 3.8) is 0 Å². The molecule has 0 unspecified atom stereocenters. The maximum absolute atomic E-state index is 11.2. The Morgan fingerprint density at radius 2 is 2.30 bits per heavy atom. The van der Waals surface area contributed by atoms with Crippen LogP contribution in [-0.2, 0) is 16.1 Å². The van der Waals surface area contributed by atoms with E-state index in [1.165, 1.54) is 0 Å². The lowest BCUT2D eigenvalue weighted by Gasteiger charge is -2.05. The zero-order valence-corrected chi connectivity index (χ0v) is 13.3. The van der Waals surface area contributed by atoms with Gasteiger partial charge in [0.05, 0.1) is 24.8 Å². The van der Waals surface area contributed by atoms with Gasteiger partial charge < -0.3 is 14.5 Å². The molecule has 0 aliphatic carbocycles. The molecule has 0 spiro atoms. The minimum atomic E-state index is -0.130. The van der Waals surface area contributed by atoms with Gasteiger partial charge in [-0.25, -0.2) is 4.98 Å². The molecule has 0 fully saturated rings. The fourth-order valence-electron chi connectivity index (χ4n) is 2.05. The number of carbonyl (C=O) groups excluding carboxylic acids is 1. The highest BCUT2D eigenvalue weighted by Gasteiger charge is 2.00. The summed E-state index contributed by atoms with van der Waals surface area (Å²) in [6, 6.07) is 7.89. The van der Waals surface area contributed by atoms with Gasteiger partial charge in [-0.3, -0.25) is 4.79 Å². The zero-order valence-electron chi connectivity index (χ0n) is 13.3. The van der Waals surface area contributed by atoms with Crippen LogP contribution in [0.2, 0.25) is 0 Å². The van der Waals surface area contributed by atoms with Gasteiger partial charge in [0, 0.05) is 6.42 Å². The zero-order chi connectivity index (χ0) is 16.3. The highest BCUT2D eigenvalue weighted by molar-refractivity contribution is 5.69. The van der Waals surface area contributed by atoms with Crippen LogP contribution in [0.5, 0.6) is 5.75 Å². The minimum Gasteiger partial charge on any atom is -0.487 e. The van der Waals surface area contributed by atoms with Gasteiger partial charge in [0.25, 0.3) is 0 Å². The summed E-state index contributed by atoms with van der Waals surface area (Å²) in [6.45, 7) is 2.73. The molecule has 5 nitrogen and oxygen atoms in total. The second kappa shape index (κ2) is 9.46. The number of carbonyl (C=O) groups is 1. The predicted octanol–water partition coefficient (Wildman–Crippen LogP) is 3.74. The fourth-order valence-corrected chi connectivity index (χ4v) is 2.05. The normalized spacial score (nSPS) is 10.8. The second-order valence-electron chi connectivity index (χ2n) is 5.04. The average Bonchev–Trinajstić information content (AvgIpc) is 3.07. The van der Waals surface area contributed by atoms with E-state index < -0.39 is 0 Å². The topological polar surface area (TPSA) is 64.2 Å². The summed E-state index contributed by atoms with van der Waals surface area (Å²) in [5, 5.41) is 0. The largest absolute Gasteiger partial charge is 0.487 e. The monoisotopic (exact) mass is 314 g/mol. The first-order valence-electron chi connectivity index (χ1n) is 7.80. The summed E-state index contributed by atoms with van der Waals surface area (Å²) in [5.41, 5.74) is 2.01. The van der Waals surface area contributed by atoms with Crippen LogP contribution in [0.1, 0.15) is 37.4 Å². The van der Waals surface area contributed by atoms with Crippen molar-refractivity contribution < 1.29 is 14.3 Å². The summed E-state index contributed by atoms with van der Waals surface area (Å²) >= 11 is 0. The molecule has 0 aliphatic heterocycles. The maximum atomic E-state index is 11.2. The van der Waals surface area contributed by atoms with Crippen LogP contribution in [0.3, 0.4) is 0 Å². The number of allylic oxidation sites excluding steroid dienone is 1. The molecule has 122 valence electrons. The first-order chi connectivity index (χ1) is 11.3. The number of rotatable bonds is 9. The van der Waals surface area contributed by atoms with Crippen LogP contribution in [0.4, 0.5) is 0 Å². The molecular weight excluding hydrogens is 292 g/mol. The number of aromatic nitrogens is 2. The van der Waals surface area contributed by atoms with Gasteiger partial charge in [-0.15, -0.1) is 0 Å². The number of imidazole rings is 1. The van der Waals surface area contributed by atoms with Crippen LogP contribution in [0.15, 0.2) is 42.9 Å². The van der Waals surface area contributed by atoms with E-state index in [1.807, 2.05) is 37.3 Å². The van der Waals surface area contributed by atoms with Crippen LogP contribution in [-0.4, -0.2) is 22.5 Å². The first-order valence-corrected chi connectivity index (χ1v) is 7.80. The van der Waals surface area contributed by atoms with Crippen LogP contribution >= 0.6 is 0 Å². The number of nitrogens with zero attached hydrogens (tertiary/aromatic N) is 1. The van der Waals surface area contributed by atoms with Gasteiger partial charge in [0.2, 0.25) is 0 Å². The Hall–Kier alpha value is -2.56. The van der Waals surface area contributed by atoms with Gasteiger partial charge in [-0.05, 0) is 37.5 Å². The Morgan fingerprint density at radius 1 is 1.39 bits per heavy atom. The molecule has 1 N–H and O–H groups in total. The molecule has 0 bridgehead atoms. The lowest BCUT2D eigenvalue weighted by Crippen LogP contribution is -2.02. The fraction of sp³-hybridized carbons (Fsp3) is 0.333. The van der Waals surface area contributed by atoms with Crippen molar-refractivity contribution in [2.24, 2.45) is 0 Å². The molecule has 0 saturated carbocycles. The quantitative estimate of drug-likeness (QED) is 0.566. The minimum absolute atomic E-state index is 0.130. The highest BCUT2D eigenvalue weighted by Crippen LogP contribution is 2.16. The third-order valence-electron chi connectivity index (χ3n) is 3.17. The van der Waals surface area contributed by atoms with E-state index in [2.05, 4.69) is 16.0 Å². The maximum Gasteiger partial charge on any atom is 0.305 e. The number of ether oxygens (including phenoxy) is 2. The van der Waals surface area contributed by atoms with Crippen molar-refractivity contribution in [2.75, 3.05) is 6.61 Å². The summed E-state index contributed by atoms with van der Waals surface area (Å²) in [7, 11) is 0. The number of H-pyrrole nitrogens is 1. The standard InChI is InChI=1S/C18H22N2O3/c1-2-22-18(21)10-5-3-4-7-15-8-6-9-17(11-15)23-13-16-12-19-14-20-16/h4,6-9,11-12,14H,2-3,5,10,13H2,1H3,(H,19,20). The Bertz CT molecular complexity index is 621. The van der Waals surface area contributed by atoms with E-state index in [0.29, 0.717) is 19.6 Å². The van der Waals surface area contributed by atoms with Crippen molar-refractivity contribution in [2.45, 2.75) is 32.8 Å². The summed E-state index contributed by atoms with van der Waals surface area (Å²) < 4.78 is 10.6. The molecule has 23 heavy (non-hydrogen) atoms. The third kappa shape index (κ3) is 6.38. The van der Waals surface area contributed by atoms with Crippen molar-refractivity contribution in [3.8, 4) is 5.75 Å². The molecular formula is C18H22N2O3. The van der Waals surface area contributed by atoms with Crippen molar-refractivity contribution in [1.29, 1.82) is 0 Å². The molecule has 5 heteroatoms. The molecule has 0 radical (unpaired) electrons. The van der Waals surface area contributed by atoms with E-state index in [0.717, 1.165) is 29.8 Å². The lowest BCUT2D eigenvalue weighted by atomic mass is 10.1. The molecule has 1 aromatic carbocycles. The number of hydrogen-bond acceptors (Lipinski definition) is 4. The van der Waals surface area contributed by atoms with Gasteiger partial charge in [-0.2, -0.15) is 0 Å². The Labute approximate surface area is 136 Å². The predicted molar refractivity (Wildman–Crippen MR) is 88.9 cm³/mol. The number of esters is 1. The SMILES string of the molecule is CCOC(=O)CCCC=Cc1cccc(OCc2cnc[nH]2)c1. The third-order valence-corrected chi connectivity index (χ3v) is 3.17. The van der Waals surface area contributed by atoms with Gasteiger partial charge >= 0.3 is 5.97 Å². The van der Waals surface area contributed by atoms with Gasteiger partial charge in [-0.1, -0.05) is 24.3 Å². The van der Waals surface area contributed by atoms with E-state index >= 15 is 0 Å². The number of unbranched alkanes of at least 4 members (excludes halogenated alkanes) is 1. The number of hydrogen-bond donors (Lipinski definition) is 1. The molecule has 0 atom stereocenters. The van der Waals surface area contributed by atoms with E-state index in [9.17, 15) is 4.79 Å². The molecule has 2 aromatic rings. The number of nitrogens with one attached hydrogen (secondary N) is 1. The molecule has 0 aliphatic rings. The molecule has 2 rings (SSSR count). The Balaban J connectivity index is 1.75. The Morgan fingerprint density at radius 3 is 3.09 bits per heavy atom. The van der Waals surface area contributed by atoms with E-state index in [-0.39, 0.29) is 5.97 Å². The molecule has 1 heterocycles. The number of aromatic amines is 1. The van der Waals surface area contributed by atoms with Crippen LogP contribution < -0.4 is 4.74 Å². The number of benzene rings is 1. The molecule has 1 aromatic heterocycles. The smallest absolute Gasteiger partial charge is 0.305 e. The van der Waals surface area contributed by atoms with Crippen molar-refractivity contribution in [3.05, 3.63) is 54.1 Å². The highest BCUT2D eigenvalue weighted by atomic mass is 16.5. The first kappa shape index (κ1) is 16.8. The van der Waals surface area contributed by atoms with E-state index in [1.54, 1.807) is 12.5 Å². The molecule has 0 amide bonds. The van der Waals surface area contributed by atoms with Gasteiger partial charge in [0.1, 0.15) is 12.4 Å². The van der Waals surface area contributed by atoms with Crippen LogP contribution in [0, 0.1) is 0 Å². The van der Waals surface area contributed by atoms with E-state index in [4.69, 9.17) is 9.47 Å². The van der Waals surface area contributed by atoms with Gasteiger partial charge in [0.15, 0.2) is 0 Å². The summed E-state index contributed by atoms with van der Waals surface area (Å²) in [5.74, 6) is 0.684. The lowest BCUT2D eigenvalue weighted by molar-refractivity contribution is -0.143. The Kier molecular flexibility index (Phi) is 6.91. The summed E-state index contributed by atoms with van der Waals surface area (Å²) in [4.78, 5) is 18.2. The van der Waals surface area contributed by atoms with Crippen LogP contribution in [0.25, 0.3) is 6.08 Å². The summed E-state index contributed by atoms with van der Waals surface area (Å²) in [6.07, 6.45) is 9.58.